The molecule has 1 unspecified atom stereocenters. The molecule has 0 bridgehead atoms. The summed E-state index contributed by atoms with van der Waals surface area (Å²) in [5.74, 6) is -0.0290. The third kappa shape index (κ3) is 4.38. The van der Waals surface area contributed by atoms with Crippen LogP contribution in [0.3, 0.4) is 0 Å². The van der Waals surface area contributed by atoms with Gasteiger partial charge in [0, 0.05) is 16.7 Å². The first-order chi connectivity index (χ1) is 8.04. The van der Waals surface area contributed by atoms with Gasteiger partial charge in [0.15, 0.2) is 0 Å². The van der Waals surface area contributed by atoms with Crippen molar-refractivity contribution in [1.82, 2.24) is 0 Å². The van der Waals surface area contributed by atoms with Crippen LogP contribution in [0.15, 0.2) is 28.7 Å². The molecule has 1 aromatic carbocycles. The first-order valence-electron chi connectivity index (χ1n) is 5.62. The zero-order valence-electron chi connectivity index (χ0n) is 10.4. The maximum Gasteiger partial charge on any atom is 0.310 e. The molecule has 1 rings (SSSR count). The van der Waals surface area contributed by atoms with Crippen LogP contribution in [0.25, 0.3) is 0 Å². The second kappa shape index (κ2) is 6.64. The van der Waals surface area contributed by atoms with E-state index >= 15 is 0 Å². The van der Waals surface area contributed by atoms with Crippen molar-refractivity contribution in [3.05, 3.63) is 28.7 Å². The second-order valence-corrected chi connectivity index (χ2v) is 5.18. The van der Waals surface area contributed by atoms with Crippen LogP contribution in [0.4, 0.5) is 5.69 Å². The fourth-order valence-corrected chi connectivity index (χ4v) is 1.80. The van der Waals surface area contributed by atoms with E-state index in [0.717, 1.165) is 10.2 Å². The molecule has 1 atom stereocenters. The van der Waals surface area contributed by atoms with Crippen LogP contribution in [0.5, 0.6) is 0 Å². The van der Waals surface area contributed by atoms with E-state index in [1.54, 1.807) is 0 Å². The molecule has 3 nitrogen and oxygen atoms in total. The summed E-state index contributed by atoms with van der Waals surface area (Å²) in [6, 6.07) is 7.87. The minimum atomic E-state index is -0.162. The normalized spacial score (nSPS) is 12.3. The Morgan fingerprint density at radius 2 is 1.94 bits per heavy atom. The van der Waals surface area contributed by atoms with Gasteiger partial charge in [0.2, 0.25) is 0 Å². The molecule has 94 valence electrons. The average Bonchev–Trinajstić information content (AvgIpc) is 2.31. The number of nitrogens with one attached hydrogen (secondary N) is 1. The van der Waals surface area contributed by atoms with Crippen LogP contribution in [0.1, 0.15) is 13.8 Å². The van der Waals surface area contributed by atoms with Crippen molar-refractivity contribution in [3.8, 4) is 0 Å². The Bertz CT molecular complexity index is 362. The number of hydrogen-bond acceptors (Lipinski definition) is 3. The zero-order valence-corrected chi connectivity index (χ0v) is 12.0. The van der Waals surface area contributed by atoms with Gasteiger partial charge in [-0.3, -0.25) is 4.79 Å². The highest BCUT2D eigenvalue weighted by Crippen LogP contribution is 2.17. The van der Waals surface area contributed by atoms with Crippen molar-refractivity contribution < 1.29 is 9.53 Å². The summed E-state index contributed by atoms with van der Waals surface area (Å²) < 4.78 is 5.83. The molecule has 17 heavy (non-hydrogen) atoms. The molecule has 0 heterocycles. The molecule has 0 spiro atoms. The van der Waals surface area contributed by atoms with Gasteiger partial charge in [0.25, 0.3) is 0 Å². The average molecular weight is 300 g/mol. The number of halogens is 1. The molecule has 0 aliphatic carbocycles. The highest BCUT2D eigenvalue weighted by molar-refractivity contribution is 9.10. The summed E-state index contributed by atoms with van der Waals surface area (Å²) in [4.78, 5) is 11.6. The Morgan fingerprint density at radius 3 is 2.41 bits per heavy atom. The van der Waals surface area contributed by atoms with Crippen molar-refractivity contribution in [1.29, 1.82) is 0 Å². The molecular formula is C13H18BrNO2. The number of ether oxygens (including phenoxy) is 1. The molecule has 0 aliphatic heterocycles. The number of rotatable bonds is 5. The second-order valence-electron chi connectivity index (χ2n) is 4.26. The van der Waals surface area contributed by atoms with E-state index in [4.69, 9.17) is 4.74 Å². The molecule has 4 heteroatoms. The van der Waals surface area contributed by atoms with Gasteiger partial charge in [-0.1, -0.05) is 29.8 Å². The lowest BCUT2D eigenvalue weighted by Crippen LogP contribution is -2.28. The fourth-order valence-electron chi connectivity index (χ4n) is 1.54. The lowest BCUT2D eigenvalue weighted by molar-refractivity contribution is -0.146. The number of anilines is 1. The van der Waals surface area contributed by atoms with Gasteiger partial charge in [0.05, 0.1) is 13.0 Å². The number of hydrogen-bond donors (Lipinski definition) is 1. The first kappa shape index (κ1) is 14.0. The van der Waals surface area contributed by atoms with Crippen LogP contribution in [0.2, 0.25) is 0 Å². The molecule has 1 N–H and O–H groups in total. The Kier molecular flexibility index (Phi) is 5.48. The maximum absolute atomic E-state index is 11.6. The molecule has 0 saturated carbocycles. The smallest absolute Gasteiger partial charge is 0.310 e. The Labute approximate surface area is 111 Å². The van der Waals surface area contributed by atoms with Crippen molar-refractivity contribution in [3.63, 3.8) is 0 Å². The summed E-state index contributed by atoms with van der Waals surface area (Å²) >= 11 is 3.38. The quantitative estimate of drug-likeness (QED) is 0.848. The third-order valence-corrected chi connectivity index (χ3v) is 3.21. The SMILES string of the molecule is COC(=O)C(CNc1ccc(Br)cc1)C(C)C. The van der Waals surface area contributed by atoms with E-state index in [1.165, 1.54) is 7.11 Å². The van der Waals surface area contributed by atoms with Crippen molar-refractivity contribution in [2.24, 2.45) is 11.8 Å². The molecule has 0 aromatic heterocycles. The van der Waals surface area contributed by atoms with Crippen LogP contribution >= 0.6 is 15.9 Å². The molecule has 0 radical (unpaired) electrons. The van der Waals surface area contributed by atoms with E-state index in [1.807, 2.05) is 38.1 Å². The maximum atomic E-state index is 11.6. The number of methoxy groups -OCH3 is 1. The minimum absolute atomic E-state index is 0.122. The van der Waals surface area contributed by atoms with Crippen molar-refractivity contribution >= 4 is 27.6 Å². The molecule has 0 aliphatic rings. The van der Waals surface area contributed by atoms with Crippen LogP contribution in [-0.2, 0) is 9.53 Å². The van der Waals surface area contributed by atoms with E-state index in [2.05, 4.69) is 21.2 Å². The predicted molar refractivity (Wildman–Crippen MR) is 73.0 cm³/mol. The van der Waals surface area contributed by atoms with E-state index in [-0.39, 0.29) is 17.8 Å². The summed E-state index contributed by atoms with van der Waals surface area (Å²) in [7, 11) is 1.43. The lowest BCUT2D eigenvalue weighted by Gasteiger charge is -2.19. The number of esters is 1. The van der Waals surface area contributed by atoms with Gasteiger partial charge in [-0.25, -0.2) is 0 Å². The van der Waals surface area contributed by atoms with Gasteiger partial charge in [-0.05, 0) is 30.2 Å². The Balaban J connectivity index is 2.58. The topological polar surface area (TPSA) is 38.3 Å². The molecule has 0 saturated heterocycles. The van der Waals surface area contributed by atoms with Crippen molar-refractivity contribution in [2.75, 3.05) is 19.0 Å². The standard InChI is InChI=1S/C13H18BrNO2/c1-9(2)12(13(16)17-3)8-15-11-6-4-10(14)5-7-11/h4-7,9,12,15H,8H2,1-3H3. The predicted octanol–water partition coefficient (Wildman–Crippen LogP) is 3.31. The number of carbonyl (C=O) groups excluding carboxylic acids is 1. The molecule has 0 amide bonds. The van der Waals surface area contributed by atoms with E-state index < -0.39 is 0 Å². The number of benzene rings is 1. The van der Waals surface area contributed by atoms with Gasteiger partial charge >= 0.3 is 5.97 Å². The summed E-state index contributed by atoms with van der Waals surface area (Å²) in [6.07, 6.45) is 0. The Hall–Kier alpha value is -1.03. The summed E-state index contributed by atoms with van der Waals surface area (Å²) in [6.45, 7) is 4.63. The number of carbonyl (C=O) groups is 1. The highest BCUT2D eigenvalue weighted by atomic mass is 79.9. The molecule has 0 fully saturated rings. The minimum Gasteiger partial charge on any atom is -0.469 e. The van der Waals surface area contributed by atoms with Gasteiger partial charge < -0.3 is 10.1 Å². The monoisotopic (exact) mass is 299 g/mol. The van der Waals surface area contributed by atoms with E-state index in [9.17, 15) is 4.79 Å². The van der Waals surface area contributed by atoms with Crippen LogP contribution < -0.4 is 5.32 Å². The first-order valence-corrected chi connectivity index (χ1v) is 6.41. The van der Waals surface area contributed by atoms with Gasteiger partial charge in [0.1, 0.15) is 0 Å². The highest BCUT2D eigenvalue weighted by Gasteiger charge is 2.22. The molecule has 1 aromatic rings. The fraction of sp³-hybridized carbons (Fsp3) is 0.462. The largest absolute Gasteiger partial charge is 0.469 e. The van der Waals surface area contributed by atoms with Crippen LogP contribution in [-0.4, -0.2) is 19.6 Å². The summed E-state index contributed by atoms with van der Waals surface area (Å²) in [5.41, 5.74) is 1.00. The third-order valence-electron chi connectivity index (χ3n) is 2.68. The van der Waals surface area contributed by atoms with Gasteiger partial charge in [-0.2, -0.15) is 0 Å². The zero-order chi connectivity index (χ0) is 12.8. The van der Waals surface area contributed by atoms with Crippen LogP contribution in [0, 0.1) is 11.8 Å². The van der Waals surface area contributed by atoms with E-state index in [0.29, 0.717) is 6.54 Å². The molecular weight excluding hydrogens is 282 g/mol. The van der Waals surface area contributed by atoms with Gasteiger partial charge in [-0.15, -0.1) is 0 Å². The lowest BCUT2D eigenvalue weighted by atomic mass is 9.96. The summed E-state index contributed by atoms with van der Waals surface area (Å²) in [5, 5.41) is 3.25. The van der Waals surface area contributed by atoms with Crippen molar-refractivity contribution in [2.45, 2.75) is 13.8 Å². The Morgan fingerprint density at radius 1 is 1.35 bits per heavy atom.